The third-order valence-corrected chi connectivity index (χ3v) is 8.11. The number of aromatic nitrogens is 2. The summed E-state index contributed by atoms with van der Waals surface area (Å²) in [5, 5.41) is 8.52. The van der Waals surface area contributed by atoms with Gasteiger partial charge < -0.3 is 15.1 Å². The molecule has 7 rings (SSSR count). The van der Waals surface area contributed by atoms with Crippen LogP contribution in [0.1, 0.15) is 24.3 Å². The molecule has 1 aliphatic heterocycles. The summed E-state index contributed by atoms with van der Waals surface area (Å²) < 4.78 is 47.3. The zero-order valence-corrected chi connectivity index (χ0v) is 24.0. The van der Waals surface area contributed by atoms with Crippen LogP contribution in [0.5, 0.6) is 0 Å². The number of benzene rings is 4. The molecular weight excluding hydrogens is 579 g/mol. The first-order valence-electron chi connectivity index (χ1n) is 14.7. The van der Waals surface area contributed by atoms with Gasteiger partial charge in [-0.2, -0.15) is 13.2 Å². The molecule has 0 spiro atoms. The summed E-state index contributed by atoms with van der Waals surface area (Å²) in [6.45, 7) is 1.78. The Morgan fingerprint density at radius 3 is 2.36 bits per heavy atom. The molecule has 226 valence electrons. The van der Waals surface area contributed by atoms with Crippen molar-refractivity contribution in [3.05, 3.63) is 109 Å². The highest BCUT2D eigenvalue weighted by molar-refractivity contribution is 6.09. The summed E-state index contributed by atoms with van der Waals surface area (Å²) in [6, 6.07) is 28.4. The highest BCUT2D eigenvalue weighted by Gasteiger charge is 2.43. The molecule has 0 radical (unpaired) electrons. The van der Waals surface area contributed by atoms with Gasteiger partial charge in [0.25, 0.3) is 0 Å². The van der Waals surface area contributed by atoms with E-state index in [1.54, 1.807) is 42.5 Å². The monoisotopic (exact) mass is 607 g/mol. The smallest absolute Gasteiger partial charge is 0.455 e. The number of halogens is 3. The molecule has 1 saturated heterocycles. The number of carbonyl (C=O) groups excluding carboxylic acids is 1. The number of para-hydroxylation sites is 2. The van der Waals surface area contributed by atoms with Crippen LogP contribution < -0.4 is 15.5 Å². The van der Waals surface area contributed by atoms with E-state index in [0.717, 1.165) is 53.4 Å². The van der Waals surface area contributed by atoms with Crippen molar-refractivity contribution < 1.29 is 22.4 Å². The second kappa shape index (κ2) is 11.7. The van der Waals surface area contributed by atoms with E-state index >= 15 is 0 Å². The van der Waals surface area contributed by atoms with Crippen LogP contribution in [0.3, 0.4) is 0 Å². The zero-order chi connectivity index (χ0) is 31.0. The predicted molar refractivity (Wildman–Crippen MR) is 169 cm³/mol. The standard InChI is InChI=1S/C35H28F3N5O2/c36-35(37,38)34(44)43(25-14-10-22(11-15-25)23-5-4-18-39-20-23)26-16-12-24(13-17-26)42-32-19-30(40-21-41-32)29-8-3-7-28-27-6-1-2-9-31(27)45-33(28)29/h1-3,6-17,19,21,23,39H,4-5,18,20H2,(H,40,41,42). The minimum absolute atomic E-state index is 0.0925. The van der Waals surface area contributed by atoms with E-state index in [2.05, 4.69) is 20.6 Å². The van der Waals surface area contributed by atoms with E-state index < -0.39 is 12.1 Å². The maximum atomic E-state index is 13.7. The number of anilines is 4. The van der Waals surface area contributed by atoms with Crippen molar-refractivity contribution in [1.82, 2.24) is 15.3 Å². The number of fused-ring (bicyclic) bond motifs is 3. The Balaban J connectivity index is 1.15. The number of nitrogens with one attached hydrogen (secondary N) is 2. The minimum Gasteiger partial charge on any atom is -0.455 e. The first-order chi connectivity index (χ1) is 21.8. The van der Waals surface area contributed by atoms with Crippen LogP contribution in [-0.4, -0.2) is 35.1 Å². The lowest BCUT2D eigenvalue weighted by Gasteiger charge is -2.26. The third kappa shape index (κ3) is 5.72. The number of carbonyl (C=O) groups is 1. The van der Waals surface area contributed by atoms with Gasteiger partial charge in [-0.3, -0.25) is 9.69 Å². The van der Waals surface area contributed by atoms with Crippen molar-refractivity contribution in [3.63, 3.8) is 0 Å². The summed E-state index contributed by atoms with van der Waals surface area (Å²) in [7, 11) is 0. The van der Waals surface area contributed by atoms with Gasteiger partial charge in [0.1, 0.15) is 23.3 Å². The van der Waals surface area contributed by atoms with Crippen molar-refractivity contribution in [2.75, 3.05) is 23.3 Å². The molecule has 0 saturated carbocycles. The SMILES string of the molecule is O=C(N(c1ccc(Nc2cc(-c3cccc4c3oc3ccccc34)ncn2)cc1)c1ccc(C2CCCNC2)cc1)C(F)(F)F. The van der Waals surface area contributed by atoms with Crippen LogP contribution in [0, 0.1) is 0 Å². The predicted octanol–water partition coefficient (Wildman–Crippen LogP) is 8.48. The summed E-state index contributed by atoms with van der Waals surface area (Å²) in [5.41, 5.74) is 4.78. The summed E-state index contributed by atoms with van der Waals surface area (Å²) in [5.74, 6) is -1.19. The summed E-state index contributed by atoms with van der Waals surface area (Å²) >= 11 is 0. The Morgan fingerprint density at radius 1 is 0.889 bits per heavy atom. The Morgan fingerprint density at radius 2 is 1.62 bits per heavy atom. The van der Waals surface area contributed by atoms with Gasteiger partial charge in [0.2, 0.25) is 0 Å². The van der Waals surface area contributed by atoms with Crippen molar-refractivity contribution in [2.24, 2.45) is 0 Å². The summed E-state index contributed by atoms with van der Waals surface area (Å²) in [4.78, 5) is 22.1. The molecule has 10 heteroatoms. The molecule has 1 amide bonds. The lowest BCUT2D eigenvalue weighted by molar-refractivity contribution is -0.169. The normalized spacial score (nSPS) is 15.3. The van der Waals surface area contributed by atoms with Crippen molar-refractivity contribution in [3.8, 4) is 11.3 Å². The van der Waals surface area contributed by atoms with E-state index in [9.17, 15) is 18.0 Å². The number of nitrogens with zero attached hydrogens (tertiary/aromatic N) is 3. The number of furan rings is 1. The Labute approximate surface area is 256 Å². The lowest BCUT2D eigenvalue weighted by atomic mass is 9.91. The molecule has 45 heavy (non-hydrogen) atoms. The molecule has 4 aromatic carbocycles. The second-order valence-electron chi connectivity index (χ2n) is 11.0. The number of amides is 1. The Bertz CT molecular complexity index is 1980. The Hall–Kier alpha value is -5.22. The van der Waals surface area contributed by atoms with Gasteiger partial charge >= 0.3 is 12.1 Å². The largest absolute Gasteiger partial charge is 0.472 e. The minimum atomic E-state index is -5.05. The van der Waals surface area contributed by atoms with Crippen LogP contribution in [0.25, 0.3) is 33.2 Å². The van der Waals surface area contributed by atoms with Crippen LogP contribution in [0.2, 0.25) is 0 Å². The average molecular weight is 608 g/mol. The number of rotatable bonds is 6. The number of hydrogen-bond acceptors (Lipinski definition) is 6. The van der Waals surface area contributed by atoms with E-state index in [1.807, 2.05) is 42.5 Å². The quantitative estimate of drug-likeness (QED) is 0.198. The molecule has 0 bridgehead atoms. The number of piperidine rings is 1. The van der Waals surface area contributed by atoms with Gasteiger partial charge in [-0.15, -0.1) is 0 Å². The Kier molecular flexibility index (Phi) is 7.42. The zero-order valence-electron chi connectivity index (χ0n) is 24.0. The molecule has 3 heterocycles. The molecule has 1 fully saturated rings. The van der Waals surface area contributed by atoms with Crippen molar-refractivity contribution in [2.45, 2.75) is 24.9 Å². The molecule has 2 aromatic heterocycles. The molecule has 7 nitrogen and oxygen atoms in total. The van der Waals surface area contributed by atoms with Crippen LogP contribution in [0.4, 0.5) is 36.1 Å². The van der Waals surface area contributed by atoms with Crippen molar-refractivity contribution >= 4 is 50.7 Å². The van der Waals surface area contributed by atoms with Crippen LogP contribution in [0.15, 0.2) is 108 Å². The number of hydrogen-bond donors (Lipinski definition) is 2. The number of alkyl halides is 3. The van der Waals surface area contributed by atoms with Gasteiger partial charge in [0.05, 0.1) is 5.69 Å². The summed E-state index contributed by atoms with van der Waals surface area (Å²) in [6.07, 6.45) is -1.57. The fourth-order valence-electron chi connectivity index (χ4n) is 5.91. The molecule has 1 unspecified atom stereocenters. The molecular formula is C35H28F3N5O2. The van der Waals surface area contributed by atoms with Gasteiger partial charge in [-0.25, -0.2) is 9.97 Å². The first kappa shape index (κ1) is 28.5. The molecule has 2 N–H and O–H groups in total. The topological polar surface area (TPSA) is 83.3 Å². The molecule has 1 aliphatic rings. The van der Waals surface area contributed by atoms with E-state index in [4.69, 9.17) is 4.42 Å². The molecule has 1 atom stereocenters. The van der Waals surface area contributed by atoms with Gasteiger partial charge in [-0.05, 0) is 79.4 Å². The maximum Gasteiger partial charge on any atom is 0.472 e. The van der Waals surface area contributed by atoms with Gasteiger partial charge in [-0.1, -0.05) is 42.5 Å². The van der Waals surface area contributed by atoms with E-state index in [-0.39, 0.29) is 11.4 Å². The van der Waals surface area contributed by atoms with Crippen molar-refractivity contribution in [1.29, 1.82) is 0 Å². The first-order valence-corrected chi connectivity index (χ1v) is 14.7. The van der Waals surface area contributed by atoms with Gasteiger partial charge in [0, 0.05) is 46.0 Å². The lowest BCUT2D eigenvalue weighted by Crippen LogP contribution is -2.38. The van der Waals surface area contributed by atoms with Gasteiger partial charge in [0.15, 0.2) is 0 Å². The highest BCUT2D eigenvalue weighted by atomic mass is 19.4. The van der Waals surface area contributed by atoms with Crippen LogP contribution >= 0.6 is 0 Å². The third-order valence-electron chi connectivity index (χ3n) is 8.11. The van der Waals surface area contributed by atoms with Crippen LogP contribution in [-0.2, 0) is 4.79 Å². The second-order valence-corrected chi connectivity index (χ2v) is 11.0. The fourth-order valence-corrected chi connectivity index (χ4v) is 5.91. The highest BCUT2D eigenvalue weighted by Crippen LogP contribution is 2.36. The average Bonchev–Trinajstić information content (AvgIpc) is 3.45. The van der Waals surface area contributed by atoms with E-state index in [1.165, 1.54) is 18.5 Å². The molecule has 6 aromatic rings. The fraction of sp³-hybridized carbons (Fsp3) is 0.171. The maximum absolute atomic E-state index is 13.7. The molecule has 0 aliphatic carbocycles. The van der Waals surface area contributed by atoms with E-state index in [0.29, 0.717) is 33.6 Å².